The fourth-order valence-corrected chi connectivity index (χ4v) is 2.53. The van der Waals surface area contributed by atoms with Crippen molar-refractivity contribution in [2.75, 3.05) is 7.05 Å². The van der Waals surface area contributed by atoms with Crippen LogP contribution in [0.5, 0.6) is 0 Å². The summed E-state index contributed by atoms with van der Waals surface area (Å²) in [5, 5.41) is 1.03. The van der Waals surface area contributed by atoms with Crippen LogP contribution >= 0.6 is 11.3 Å². The summed E-state index contributed by atoms with van der Waals surface area (Å²) >= 11 is 1.50. The van der Waals surface area contributed by atoms with E-state index in [9.17, 15) is 13.2 Å². The van der Waals surface area contributed by atoms with E-state index in [1.54, 1.807) is 0 Å². The summed E-state index contributed by atoms with van der Waals surface area (Å²) in [5.74, 6) is 0. The summed E-state index contributed by atoms with van der Waals surface area (Å²) in [6.07, 6.45) is -3.09. The maximum atomic E-state index is 12.6. The Bertz CT molecular complexity index is 422. The number of aryl methyl sites for hydroxylation is 1. The Hall–Kier alpha value is -1.01. The zero-order chi connectivity index (χ0) is 11.9. The minimum absolute atomic E-state index is 0.375. The number of nitrogens with zero attached hydrogens (tertiary/aromatic N) is 1. The smallest absolute Gasteiger partial charge is 0.307 e. The standard InChI is InChI=1S/C10H11F3N2S/c1-6-3-4-8(16-6)7-5-9(10(11,12)13)15(2)14-7/h3-5,7,14H,1-2H3. The number of hydrazine groups is 1. The largest absolute Gasteiger partial charge is 0.432 e. The molecule has 0 saturated carbocycles. The summed E-state index contributed by atoms with van der Waals surface area (Å²) in [7, 11) is 1.37. The summed E-state index contributed by atoms with van der Waals surface area (Å²) in [6, 6.07) is 3.38. The lowest BCUT2D eigenvalue weighted by atomic mass is 10.2. The second-order valence-electron chi connectivity index (χ2n) is 3.66. The van der Waals surface area contributed by atoms with Crippen molar-refractivity contribution in [3.63, 3.8) is 0 Å². The molecule has 2 heterocycles. The van der Waals surface area contributed by atoms with Gasteiger partial charge in [-0.05, 0) is 25.1 Å². The Labute approximate surface area is 95.3 Å². The summed E-state index contributed by atoms with van der Waals surface area (Å²) in [4.78, 5) is 1.98. The van der Waals surface area contributed by atoms with Crippen LogP contribution in [0.3, 0.4) is 0 Å². The molecule has 0 saturated heterocycles. The third-order valence-corrected chi connectivity index (χ3v) is 3.46. The number of nitrogens with one attached hydrogen (secondary N) is 1. The molecule has 16 heavy (non-hydrogen) atoms. The highest BCUT2D eigenvalue weighted by Gasteiger charge is 2.41. The molecule has 0 spiro atoms. The molecular formula is C10H11F3N2S. The van der Waals surface area contributed by atoms with Gasteiger partial charge in [-0.25, -0.2) is 5.43 Å². The average Bonchev–Trinajstić information content (AvgIpc) is 2.70. The van der Waals surface area contributed by atoms with Gasteiger partial charge in [-0.3, -0.25) is 0 Å². The lowest BCUT2D eigenvalue weighted by molar-refractivity contribution is -0.110. The van der Waals surface area contributed by atoms with Crippen molar-refractivity contribution in [3.8, 4) is 0 Å². The van der Waals surface area contributed by atoms with E-state index in [1.165, 1.54) is 24.5 Å². The molecule has 1 unspecified atom stereocenters. The van der Waals surface area contributed by atoms with Gasteiger partial charge in [-0.2, -0.15) is 13.2 Å². The highest BCUT2D eigenvalue weighted by atomic mass is 32.1. The SMILES string of the molecule is Cc1ccc(C2C=C(C(F)(F)F)N(C)N2)s1. The fourth-order valence-electron chi connectivity index (χ4n) is 1.64. The van der Waals surface area contributed by atoms with Crippen molar-refractivity contribution in [1.82, 2.24) is 10.4 Å². The molecule has 88 valence electrons. The Morgan fingerprint density at radius 2 is 2.06 bits per heavy atom. The van der Waals surface area contributed by atoms with Gasteiger partial charge in [-0.1, -0.05) is 0 Å². The maximum absolute atomic E-state index is 12.6. The molecule has 1 atom stereocenters. The molecule has 0 radical (unpaired) electrons. The molecule has 1 aromatic heterocycles. The molecule has 0 fully saturated rings. The van der Waals surface area contributed by atoms with Gasteiger partial charge in [0.15, 0.2) is 0 Å². The van der Waals surface area contributed by atoms with Crippen molar-refractivity contribution in [2.45, 2.75) is 19.1 Å². The normalized spacial score (nSPS) is 21.4. The van der Waals surface area contributed by atoms with Crippen LogP contribution in [0.1, 0.15) is 15.8 Å². The van der Waals surface area contributed by atoms with E-state index in [0.29, 0.717) is 0 Å². The molecule has 0 bridgehead atoms. The van der Waals surface area contributed by atoms with Crippen LogP contribution in [0.2, 0.25) is 0 Å². The number of rotatable bonds is 1. The highest BCUT2D eigenvalue weighted by Crippen LogP contribution is 2.35. The van der Waals surface area contributed by atoms with E-state index in [1.807, 2.05) is 19.1 Å². The third-order valence-electron chi connectivity index (χ3n) is 2.38. The number of allylic oxidation sites excluding steroid dienone is 1. The number of halogens is 3. The van der Waals surface area contributed by atoms with Gasteiger partial charge in [0.05, 0.1) is 6.04 Å². The van der Waals surface area contributed by atoms with Crippen molar-refractivity contribution in [3.05, 3.63) is 33.7 Å². The molecular weight excluding hydrogens is 237 g/mol. The van der Waals surface area contributed by atoms with E-state index in [-0.39, 0.29) is 6.04 Å². The average molecular weight is 248 g/mol. The Morgan fingerprint density at radius 3 is 2.50 bits per heavy atom. The Balaban J connectivity index is 2.25. The van der Waals surface area contributed by atoms with Crippen molar-refractivity contribution >= 4 is 11.3 Å². The molecule has 0 aliphatic carbocycles. The predicted octanol–water partition coefficient (Wildman–Crippen LogP) is 2.99. The van der Waals surface area contributed by atoms with Crippen molar-refractivity contribution in [2.24, 2.45) is 0 Å². The van der Waals surface area contributed by atoms with E-state index < -0.39 is 11.9 Å². The van der Waals surface area contributed by atoms with Gasteiger partial charge in [0.25, 0.3) is 0 Å². The van der Waals surface area contributed by atoms with Crippen molar-refractivity contribution in [1.29, 1.82) is 0 Å². The van der Waals surface area contributed by atoms with Gasteiger partial charge in [-0.15, -0.1) is 11.3 Å². The maximum Gasteiger partial charge on any atom is 0.432 e. The van der Waals surface area contributed by atoms with Crippen LogP contribution in [-0.2, 0) is 0 Å². The monoisotopic (exact) mass is 248 g/mol. The molecule has 1 N–H and O–H groups in total. The predicted molar refractivity (Wildman–Crippen MR) is 56.8 cm³/mol. The molecule has 1 aromatic rings. The van der Waals surface area contributed by atoms with E-state index in [4.69, 9.17) is 0 Å². The first-order valence-corrected chi connectivity index (χ1v) is 5.55. The number of alkyl halides is 3. The van der Waals surface area contributed by atoms with Crippen LogP contribution in [0, 0.1) is 6.92 Å². The first-order chi connectivity index (χ1) is 7.38. The molecule has 2 nitrogen and oxygen atoms in total. The molecule has 1 aliphatic heterocycles. The van der Waals surface area contributed by atoms with Gasteiger partial charge in [0.2, 0.25) is 0 Å². The van der Waals surface area contributed by atoms with Crippen LogP contribution in [0.4, 0.5) is 13.2 Å². The minimum atomic E-state index is -4.30. The number of hydrogen-bond acceptors (Lipinski definition) is 3. The molecule has 6 heteroatoms. The second kappa shape index (κ2) is 3.78. The van der Waals surface area contributed by atoms with E-state index >= 15 is 0 Å². The Kier molecular flexibility index (Phi) is 2.71. The lowest BCUT2D eigenvalue weighted by Crippen LogP contribution is -2.34. The van der Waals surface area contributed by atoms with Crippen LogP contribution in [-0.4, -0.2) is 18.2 Å². The summed E-state index contributed by atoms with van der Waals surface area (Å²) < 4.78 is 37.7. The molecule has 2 rings (SSSR count). The zero-order valence-electron chi connectivity index (χ0n) is 8.80. The molecule has 1 aliphatic rings. The van der Waals surface area contributed by atoms with E-state index in [0.717, 1.165) is 14.8 Å². The first kappa shape index (κ1) is 11.5. The van der Waals surface area contributed by atoms with Gasteiger partial charge in [0.1, 0.15) is 5.70 Å². The minimum Gasteiger partial charge on any atom is -0.307 e. The lowest BCUT2D eigenvalue weighted by Gasteiger charge is -2.19. The van der Waals surface area contributed by atoms with Gasteiger partial charge >= 0.3 is 6.18 Å². The highest BCUT2D eigenvalue weighted by molar-refractivity contribution is 7.12. The molecule has 0 aromatic carbocycles. The third kappa shape index (κ3) is 2.08. The van der Waals surface area contributed by atoms with Crippen molar-refractivity contribution < 1.29 is 13.2 Å². The second-order valence-corrected chi connectivity index (χ2v) is 4.98. The topological polar surface area (TPSA) is 15.3 Å². The van der Waals surface area contributed by atoms with Gasteiger partial charge < -0.3 is 5.01 Å². The van der Waals surface area contributed by atoms with Crippen LogP contribution < -0.4 is 5.43 Å². The quantitative estimate of drug-likeness (QED) is 0.822. The summed E-state index contributed by atoms with van der Waals surface area (Å²) in [6.45, 7) is 1.93. The number of thiophene rings is 1. The van der Waals surface area contributed by atoms with E-state index in [2.05, 4.69) is 5.43 Å². The Morgan fingerprint density at radius 1 is 1.38 bits per heavy atom. The molecule has 0 amide bonds. The first-order valence-electron chi connectivity index (χ1n) is 4.73. The van der Waals surface area contributed by atoms with Gasteiger partial charge in [0, 0.05) is 16.8 Å². The summed E-state index contributed by atoms with van der Waals surface area (Å²) in [5.41, 5.74) is 2.14. The van der Waals surface area contributed by atoms with Crippen LogP contribution in [0.15, 0.2) is 23.9 Å². The number of hydrogen-bond donors (Lipinski definition) is 1. The zero-order valence-corrected chi connectivity index (χ0v) is 9.62. The van der Waals surface area contributed by atoms with Crippen LogP contribution in [0.25, 0.3) is 0 Å². The fraction of sp³-hybridized carbons (Fsp3) is 0.400.